The minimum Gasteiger partial charge on any atom is -0.497 e. The Hall–Kier alpha value is -1.18. The zero-order valence-corrected chi connectivity index (χ0v) is 10.5. The highest BCUT2D eigenvalue weighted by Gasteiger charge is 2.27. The first-order chi connectivity index (χ1) is 7.80. The molecule has 1 aromatic carbocycles. The quantitative estimate of drug-likeness (QED) is 0.769. The fourth-order valence-electron chi connectivity index (χ4n) is 2.63. The molecule has 88 valence electrons. The summed E-state index contributed by atoms with van der Waals surface area (Å²) in [5.74, 6) is 1.67. The largest absolute Gasteiger partial charge is 0.497 e. The maximum Gasteiger partial charge on any atom is 0.119 e. The van der Waals surface area contributed by atoms with Gasteiger partial charge in [0.05, 0.1) is 7.11 Å². The number of ether oxygens (including phenoxy) is 1. The van der Waals surface area contributed by atoms with Crippen molar-refractivity contribution in [2.24, 2.45) is 0 Å². The van der Waals surface area contributed by atoms with Gasteiger partial charge in [-0.2, -0.15) is 0 Å². The molecular formula is C14H21NO. The minimum atomic E-state index is 0.690. The molecule has 0 saturated carbocycles. The third-order valence-corrected chi connectivity index (χ3v) is 3.47. The SMILES string of the molecule is CCCC1CN(CC)c2ccc(OC)cc21. The summed E-state index contributed by atoms with van der Waals surface area (Å²) < 4.78 is 5.32. The zero-order chi connectivity index (χ0) is 11.5. The van der Waals surface area contributed by atoms with Crippen molar-refractivity contribution in [1.82, 2.24) is 0 Å². The van der Waals surface area contributed by atoms with E-state index in [4.69, 9.17) is 4.74 Å². The molecule has 0 fully saturated rings. The summed E-state index contributed by atoms with van der Waals surface area (Å²) in [7, 11) is 1.74. The maximum atomic E-state index is 5.32. The number of likely N-dealkylation sites (N-methyl/N-ethyl adjacent to an activating group) is 1. The first kappa shape index (κ1) is 11.3. The molecule has 0 radical (unpaired) electrons. The second-order valence-electron chi connectivity index (χ2n) is 4.45. The number of nitrogens with zero attached hydrogens (tertiary/aromatic N) is 1. The average molecular weight is 219 g/mol. The second kappa shape index (κ2) is 4.77. The van der Waals surface area contributed by atoms with Gasteiger partial charge in [-0.3, -0.25) is 0 Å². The van der Waals surface area contributed by atoms with E-state index in [9.17, 15) is 0 Å². The fraction of sp³-hybridized carbons (Fsp3) is 0.571. The summed E-state index contributed by atoms with van der Waals surface area (Å²) in [6.07, 6.45) is 2.52. The molecule has 0 saturated heterocycles. The van der Waals surface area contributed by atoms with E-state index in [0.717, 1.165) is 12.3 Å². The Morgan fingerprint density at radius 3 is 2.81 bits per heavy atom. The van der Waals surface area contributed by atoms with Crippen molar-refractivity contribution < 1.29 is 4.74 Å². The molecule has 1 atom stereocenters. The molecule has 2 nitrogen and oxygen atoms in total. The lowest BCUT2D eigenvalue weighted by Crippen LogP contribution is -2.20. The fourth-order valence-corrected chi connectivity index (χ4v) is 2.63. The Balaban J connectivity index is 2.33. The zero-order valence-electron chi connectivity index (χ0n) is 10.5. The van der Waals surface area contributed by atoms with Crippen LogP contribution in [0.25, 0.3) is 0 Å². The number of methoxy groups -OCH3 is 1. The second-order valence-corrected chi connectivity index (χ2v) is 4.45. The summed E-state index contributed by atoms with van der Waals surface area (Å²) in [6, 6.07) is 6.48. The number of fused-ring (bicyclic) bond motifs is 1. The van der Waals surface area contributed by atoms with Gasteiger partial charge in [0.1, 0.15) is 5.75 Å². The van der Waals surface area contributed by atoms with Gasteiger partial charge in [-0.25, -0.2) is 0 Å². The molecule has 16 heavy (non-hydrogen) atoms. The molecule has 0 spiro atoms. The number of anilines is 1. The van der Waals surface area contributed by atoms with Crippen molar-refractivity contribution >= 4 is 5.69 Å². The summed E-state index contributed by atoms with van der Waals surface area (Å²) in [6.45, 7) is 6.75. The van der Waals surface area contributed by atoms with Gasteiger partial charge in [-0.05, 0) is 37.1 Å². The van der Waals surface area contributed by atoms with Gasteiger partial charge in [0.25, 0.3) is 0 Å². The summed E-state index contributed by atoms with van der Waals surface area (Å²) >= 11 is 0. The van der Waals surface area contributed by atoms with Crippen LogP contribution in [0.1, 0.15) is 38.2 Å². The Morgan fingerprint density at radius 1 is 1.38 bits per heavy atom. The van der Waals surface area contributed by atoms with Crippen LogP contribution in [0.4, 0.5) is 5.69 Å². The molecule has 0 amide bonds. The van der Waals surface area contributed by atoms with Crippen molar-refractivity contribution in [2.75, 3.05) is 25.1 Å². The summed E-state index contributed by atoms with van der Waals surface area (Å²) in [5.41, 5.74) is 2.88. The molecule has 0 aromatic heterocycles. The van der Waals surface area contributed by atoms with E-state index in [1.54, 1.807) is 7.11 Å². The van der Waals surface area contributed by atoms with Crippen molar-refractivity contribution in [3.8, 4) is 5.75 Å². The van der Waals surface area contributed by atoms with Crippen LogP contribution in [0.2, 0.25) is 0 Å². The molecule has 0 bridgehead atoms. The molecule has 2 heteroatoms. The predicted molar refractivity (Wildman–Crippen MR) is 68.5 cm³/mol. The van der Waals surface area contributed by atoms with Crippen LogP contribution >= 0.6 is 0 Å². The lowest BCUT2D eigenvalue weighted by molar-refractivity contribution is 0.414. The van der Waals surface area contributed by atoms with E-state index >= 15 is 0 Å². The van der Waals surface area contributed by atoms with E-state index < -0.39 is 0 Å². The van der Waals surface area contributed by atoms with E-state index in [2.05, 4.69) is 36.9 Å². The number of benzene rings is 1. The van der Waals surface area contributed by atoms with Gasteiger partial charge in [-0.1, -0.05) is 13.3 Å². The first-order valence-corrected chi connectivity index (χ1v) is 6.23. The Labute approximate surface area is 98.2 Å². The molecule has 1 heterocycles. The molecular weight excluding hydrogens is 198 g/mol. The molecule has 2 rings (SSSR count). The van der Waals surface area contributed by atoms with E-state index in [0.29, 0.717) is 5.92 Å². The minimum absolute atomic E-state index is 0.690. The van der Waals surface area contributed by atoms with Gasteiger partial charge >= 0.3 is 0 Å². The van der Waals surface area contributed by atoms with E-state index in [1.165, 1.54) is 30.6 Å². The highest BCUT2D eigenvalue weighted by molar-refractivity contribution is 5.62. The molecule has 0 aliphatic carbocycles. The molecule has 1 aromatic rings. The van der Waals surface area contributed by atoms with Crippen LogP contribution in [0, 0.1) is 0 Å². The standard InChI is InChI=1S/C14H21NO/c1-4-6-11-10-15(5-2)14-8-7-12(16-3)9-13(11)14/h7-9,11H,4-6,10H2,1-3H3. The van der Waals surface area contributed by atoms with Crippen molar-refractivity contribution in [3.63, 3.8) is 0 Å². The molecule has 1 unspecified atom stereocenters. The normalized spacial score (nSPS) is 18.7. The molecule has 1 aliphatic heterocycles. The number of hydrogen-bond donors (Lipinski definition) is 0. The van der Waals surface area contributed by atoms with Gasteiger partial charge in [0, 0.05) is 24.7 Å². The van der Waals surface area contributed by atoms with Crippen molar-refractivity contribution in [2.45, 2.75) is 32.6 Å². The topological polar surface area (TPSA) is 12.5 Å². The maximum absolute atomic E-state index is 5.32. The monoisotopic (exact) mass is 219 g/mol. The number of rotatable bonds is 4. The average Bonchev–Trinajstić information content (AvgIpc) is 2.67. The smallest absolute Gasteiger partial charge is 0.119 e. The lowest BCUT2D eigenvalue weighted by Gasteiger charge is -2.17. The highest BCUT2D eigenvalue weighted by Crippen LogP contribution is 2.40. The number of hydrogen-bond acceptors (Lipinski definition) is 2. The summed E-state index contributed by atoms with van der Waals surface area (Å²) in [4.78, 5) is 2.47. The Bertz CT molecular complexity index is 362. The summed E-state index contributed by atoms with van der Waals surface area (Å²) in [5, 5.41) is 0. The predicted octanol–water partition coefficient (Wildman–Crippen LogP) is 3.42. The van der Waals surface area contributed by atoms with Gasteiger partial charge in [-0.15, -0.1) is 0 Å². The van der Waals surface area contributed by atoms with Crippen LogP contribution in [0.15, 0.2) is 18.2 Å². The Kier molecular flexibility index (Phi) is 3.37. The van der Waals surface area contributed by atoms with Gasteiger partial charge < -0.3 is 9.64 Å². The van der Waals surface area contributed by atoms with Crippen LogP contribution < -0.4 is 9.64 Å². The van der Waals surface area contributed by atoms with Crippen LogP contribution in [-0.4, -0.2) is 20.2 Å². The Morgan fingerprint density at radius 2 is 2.19 bits per heavy atom. The van der Waals surface area contributed by atoms with E-state index in [-0.39, 0.29) is 0 Å². The van der Waals surface area contributed by atoms with Crippen LogP contribution in [0.5, 0.6) is 5.75 Å². The molecule has 0 N–H and O–H groups in total. The first-order valence-electron chi connectivity index (χ1n) is 6.23. The highest BCUT2D eigenvalue weighted by atomic mass is 16.5. The van der Waals surface area contributed by atoms with Crippen molar-refractivity contribution in [1.29, 1.82) is 0 Å². The van der Waals surface area contributed by atoms with Crippen LogP contribution in [-0.2, 0) is 0 Å². The molecule has 1 aliphatic rings. The van der Waals surface area contributed by atoms with Crippen molar-refractivity contribution in [3.05, 3.63) is 23.8 Å². The van der Waals surface area contributed by atoms with E-state index in [1.807, 2.05) is 0 Å². The third kappa shape index (κ3) is 1.89. The lowest BCUT2D eigenvalue weighted by atomic mass is 9.96. The third-order valence-electron chi connectivity index (χ3n) is 3.47. The van der Waals surface area contributed by atoms with Gasteiger partial charge in [0.2, 0.25) is 0 Å². The van der Waals surface area contributed by atoms with Crippen LogP contribution in [0.3, 0.4) is 0 Å². The van der Waals surface area contributed by atoms with Gasteiger partial charge in [0.15, 0.2) is 0 Å².